The third-order valence-corrected chi connectivity index (χ3v) is 3.73. The standard InChI is InChI=1S/C14H11Br2N3O2/c15-9-5-11(13(17)12(16)6-9)14(21)19-18-7-8-1-3-10(20)4-2-8/h1-7,20H,17H2,(H,19,21)/b18-7+. The number of hydrogen-bond donors (Lipinski definition) is 3. The molecule has 7 heteroatoms. The number of nitrogens with zero attached hydrogens (tertiary/aromatic N) is 1. The highest BCUT2D eigenvalue weighted by Gasteiger charge is 2.12. The number of aromatic hydroxyl groups is 1. The second kappa shape index (κ2) is 6.73. The largest absolute Gasteiger partial charge is 0.508 e. The number of phenolic OH excluding ortho intramolecular Hbond substituents is 1. The average molecular weight is 413 g/mol. The molecule has 0 atom stereocenters. The van der Waals surface area contributed by atoms with Crippen LogP contribution in [-0.2, 0) is 0 Å². The van der Waals surface area contributed by atoms with E-state index in [4.69, 9.17) is 10.8 Å². The number of hydrogen-bond acceptors (Lipinski definition) is 4. The predicted octanol–water partition coefficient (Wildman–Crippen LogP) is 3.26. The molecular formula is C14H11Br2N3O2. The molecule has 2 rings (SSSR count). The van der Waals surface area contributed by atoms with Crippen LogP contribution in [0.25, 0.3) is 0 Å². The van der Waals surface area contributed by atoms with Gasteiger partial charge in [0.05, 0.1) is 17.5 Å². The van der Waals surface area contributed by atoms with Crippen LogP contribution in [0.4, 0.5) is 5.69 Å². The first-order chi connectivity index (χ1) is 9.97. The maximum atomic E-state index is 12.0. The van der Waals surface area contributed by atoms with Crippen LogP contribution < -0.4 is 11.2 Å². The van der Waals surface area contributed by atoms with Crippen molar-refractivity contribution in [1.29, 1.82) is 0 Å². The Kier molecular flexibility index (Phi) is 4.98. The van der Waals surface area contributed by atoms with Gasteiger partial charge in [-0.3, -0.25) is 4.79 Å². The zero-order chi connectivity index (χ0) is 15.4. The quantitative estimate of drug-likeness (QED) is 0.410. The summed E-state index contributed by atoms with van der Waals surface area (Å²) in [5.41, 5.74) is 9.66. The highest BCUT2D eigenvalue weighted by molar-refractivity contribution is 9.11. The van der Waals surface area contributed by atoms with Crippen LogP contribution in [0.1, 0.15) is 15.9 Å². The number of anilines is 1. The van der Waals surface area contributed by atoms with E-state index in [0.717, 1.165) is 10.0 Å². The fourth-order valence-electron chi connectivity index (χ4n) is 1.56. The van der Waals surface area contributed by atoms with Crippen molar-refractivity contribution >= 4 is 49.7 Å². The van der Waals surface area contributed by atoms with Crippen molar-refractivity contribution in [2.24, 2.45) is 5.10 Å². The molecule has 21 heavy (non-hydrogen) atoms. The van der Waals surface area contributed by atoms with Gasteiger partial charge >= 0.3 is 0 Å². The van der Waals surface area contributed by atoms with E-state index in [1.165, 1.54) is 18.3 Å². The van der Waals surface area contributed by atoms with Crippen LogP contribution in [0.15, 0.2) is 50.4 Å². The lowest BCUT2D eigenvalue weighted by molar-refractivity contribution is 0.0956. The van der Waals surface area contributed by atoms with Crippen LogP contribution in [0, 0.1) is 0 Å². The van der Waals surface area contributed by atoms with Gasteiger partial charge in [0.25, 0.3) is 5.91 Å². The first-order valence-corrected chi connectivity index (χ1v) is 7.43. The Hall–Kier alpha value is -1.86. The Morgan fingerprint density at radius 1 is 1.24 bits per heavy atom. The van der Waals surface area contributed by atoms with E-state index in [9.17, 15) is 4.79 Å². The molecule has 0 bridgehead atoms. The fourth-order valence-corrected chi connectivity index (χ4v) is 2.78. The van der Waals surface area contributed by atoms with E-state index in [0.29, 0.717) is 15.7 Å². The maximum Gasteiger partial charge on any atom is 0.273 e. The van der Waals surface area contributed by atoms with Crippen molar-refractivity contribution in [3.8, 4) is 5.75 Å². The second-order valence-corrected chi connectivity index (χ2v) is 5.91. The van der Waals surface area contributed by atoms with Crippen molar-refractivity contribution in [3.05, 3.63) is 56.5 Å². The number of nitrogens with two attached hydrogens (primary N) is 1. The number of nitrogen functional groups attached to an aromatic ring is 1. The third-order valence-electron chi connectivity index (χ3n) is 2.61. The van der Waals surface area contributed by atoms with Crippen LogP contribution in [-0.4, -0.2) is 17.2 Å². The van der Waals surface area contributed by atoms with E-state index < -0.39 is 5.91 Å². The zero-order valence-corrected chi connectivity index (χ0v) is 13.8. The van der Waals surface area contributed by atoms with Crippen molar-refractivity contribution in [3.63, 3.8) is 0 Å². The minimum Gasteiger partial charge on any atom is -0.508 e. The molecule has 0 aliphatic rings. The predicted molar refractivity (Wildman–Crippen MR) is 89.4 cm³/mol. The van der Waals surface area contributed by atoms with Gasteiger partial charge in [-0.2, -0.15) is 5.10 Å². The smallest absolute Gasteiger partial charge is 0.273 e. The molecule has 0 saturated heterocycles. The van der Waals surface area contributed by atoms with Crippen molar-refractivity contribution in [2.75, 3.05) is 5.73 Å². The number of amides is 1. The van der Waals surface area contributed by atoms with Gasteiger partial charge in [-0.05, 0) is 57.9 Å². The molecule has 1 amide bonds. The van der Waals surface area contributed by atoms with Gasteiger partial charge in [-0.1, -0.05) is 15.9 Å². The summed E-state index contributed by atoms with van der Waals surface area (Å²) in [7, 11) is 0. The zero-order valence-electron chi connectivity index (χ0n) is 10.7. The molecule has 0 radical (unpaired) electrons. The van der Waals surface area contributed by atoms with E-state index in [2.05, 4.69) is 42.4 Å². The normalized spacial score (nSPS) is 10.8. The maximum absolute atomic E-state index is 12.0. The van der Waals surface area contributed by atoms with Crippen LogP contribution in [0.3, 0.4) is 0 Å². The lowest BCUT2D eigenvalue weighted by Crippen LogP contribution is -2.19. The van der Waals surface area contributed by atoms with Crippen LogP contribution in [0.5, 0.6) is 5.75 Å². The highest BCUT2D eigenvalue weighted by atomic mass is 79.9. The van der Waals surface area contributed by atoms with Crippen molar-refractivity contribution in [2.45, 2.75) is 0 Å². The van der Waals surface area contributed by atoms with Gasteiger partial charge in [0.1, 0.15) is 5.75 Å². The minimum absolute atomic E-state index is 0.169. The molecule has 2 aromatic rings. The summed E-state index contributed by atoms with van der Waals surface area (Å²) in [5.74, 6) is -0.243. The van der Waals surface area contributed by atoms with Gasteiger partial charge in [0, 0.05) is 8.95 Å². The molecule has 4 N–H and O–H groups in total. The molecule has 108 valence electrons. The average Bonchev–Trinajstić information content (AvgIpc) is 2.44. The number of benzene rings is 2. The Balaban J connectivity index is 2.10. The van der Waals surface area contributed by atoms with Gasteiger partial charge < -0.3 is 10.8 Å². The summed E-state index contributed by atoms with van der Waals surface area (Å²) < 4.78 is 1.36. The monoisotopic (exact) mass is 411 g/mol. The number of carbonyl (C=O) groups is 1. The Bertz CT molecular complexity index is 700. The van der Waals surface area contributed by atoms with Crippen LogP contribution >= 0.6 is 31.9 Å². The molecule has 5 nitrogen and oxygen atoms in total. The topological polar surface area (TPSA) is 87.7 Å². The SMILES string of the molecule is Nc1c(Br)cc(Br)cc1C(=O)N/N=C/c1ccc(O)cc1. The molecule has 0 fully saturated rings. The van der Waals surface area contributed by atoms with E-state index in [-0.39, 0.29) is 5.75 Å². The number of carbonyl (C=O) groups excluding carboxylic acids is 1. The van der Waals surface area contributed by atoms with Crippen molar-refractivity contribution < 1.29 is 9.90 Å². The van der Waals surface area contributed by atoms with Crippen LogP contribution in [0.2, 0.25) is 0 Å². The van der Waals surface area contributed by atoms with E-state index in [1.54, 1.807) is 24.3 Å². The summed E-state index contributed by atoms with van der Waals surface area (Å²) in [6, 6.07) is 9.79. The molecule has 0 aliphatic carbocycles. The fraction of sp³-hybridized carbons (Fsp3) is 0. The van der Waals surface area contributed by atoms with E-state index in [1.807, 2.05) is 0 Å². The first-order valence-electron chi connectivity index (χ1n) is 5.84. The molecule has 0 spiro atoms. The number of rotatable bonds is 3. The Morgan fingerprint density at radius 3 is 2.57 bits per heavy atom. The molecule has 0 unspecified atom stereocenters. The summed E-state index contributed by atoms with van der Waals surface area (Å²) in [6.07, 6.45) is 1.47. The number of halogens is 2. The highest BCUT2D eigenvalue weighted by Crippen LogP contribution is 2.28. The summed E-state index contributed by atoms with van der Waals surface area (Å²) in [4.78, 5) is 12.0. The summed E-state index contributed by atoms with van der Waals surface area (Å²) in [5, 5.41) is 13.0. The van der Waals surface area contributed by atoms with Gasteiger partial charge in [-0.25, -0.2) is 5.43 Å². The van der Waals surface area contributed by atoms with Gasteiger partial charge in [0.15, 0.2) is 0 Å². The molecular weight excluding hydrogens is 402 g/mol. The van der Waals surface area contributed by atoms with E-state index >= 15 is 0 Å². The molecule has 0 saturated carbocycles. The van der Waals surface area contributed by atoms with Gasteiger partial charge in [0.2, 0.25) is 0 Å². The second-order valence-electron chi connectivity index (χ2n) is 4.14. The Labute approximate surface area is 138 Å². The lowest BCUT2D eigenvalue weighted by Gasteiger charge is -2.07. The molecule has 0 heterocycles. The number of hydrazone groups is 1. The molecule has 0 aromatic heterocycles. The third kappa shape index (κ3) is 4.05. The molecule has 2 aromatic carbocycles. The molecule has 0 aliphatic heterocycles. The number of phenols is 1. The minimum atomic E-state index is -0.412. The lowest BCUT2D eigenvalue weighted by atomic mass is 10.2. The first kappa shape index (κ1) is 15.5. The summed E-state index contributed by atoms with van der Waals surface area (Å²) in [6.45, 7) is 0. The Morgan fingerprint density at radius 2 is 1.90 bits per heavy atom. The van der Waals surface area contributed by atoms with Crippen molar-refractivity contribution in [1.82, 2.24) is 5.43 Å². The number of nitrogens with one attached hydrogen (secondary N) is 1. The van der Waals surface area contributed by atoms with Gasteiger partial charge in [-0.15, -0.1) is 0 Å². The summed E-state index contributed by atoms with van der Waals surface area (Å²) >= 11 is 6.58.